The molecule has 92 valence electrons. The standard InChI is InChI=1S/C16H16O2/c1-10-9-14(17)15(12(3)11(10)2)16(18)13-7-5-4-6-8-13/h4-9,17H,1-3H3. The third kappa shape index (κ3) is 2.02. The molecule has 0 bridgehead atoms. The summed E-state index contributed by atoms with van der Waals surface area (Å²) in [6.07, 6.45) is 0. The second kappa shape index (κ2) is 4.65. The number of phenols is 1. The van der Waals surface area contributed by atoms with Gasteiger partial charge in [0, 0.05) is 5.56 Å². The first-order valence-electron chi connectivity index (χ1n) is 5.92. The zero-order chi connectivity index (χ0) is 13.3. The van der Waals surface area contributed by atoms with E-state index >= 15 is 0 Å². The molecule has 0 amide bonds. The van der Waals surface area contributed by atoms with Gasteiger partial charge in [0.1, 0.15) is 5.75 Å². The van der Waals surface area contributed by atoms with E-state index in [1.54, 1.807) is 18.2 Å². The van der Waals surface area contributed by atoms with Crippen LogP contribution in [0.3, 0.4) is 0 Å². The molecule has 2 aromatic rings. The number of carbonyl (C=O) groups excluding carboxylic acids is 1. The molecule has 1 N–H and O–H groups in total. The summed E-state index contributed by atoms with van der Waals surface area (Å²) in [4.78, 5) is 12.4. The highest BCUT2D eigenvalue weighted by molar-refractivity contribution is 6.11. The molecule has 0 radical (unpaired) electrons. The van der Waals surface area contributed by atoms with Gasteiger partial charge in [-0.2, -0.15) is 0 Å². The Labute approximate surface area is 107 Å². The van der Waals surface area contributed by atoms with Crippen molar-refractivity contribution >= 4 is 5.78 Å². The molecular formula is C16H16O2. The molecule has 18 heavy (non-hydrogen) atoms. The van der Waals surface area contributed by atoms with Gasteiger partial charge in [0.15, 0.2) is 5.78 Å². The Hall–Kier alpha value is -2.09. The molecule has 0 aliphatic rings. The second-order valence-corrected chi connectivity index (χ2v) is 4.53. The fourth-order valence-corrected chi connectivity index (χ4v) is 2.08. The van der Waals surface area contributed by atoms with Crippen LogP contribution in [-0.4, -0.2) is 10.9 Å². The summed E-state index contributed by atoms with van der Waals surface area (Å²) in [7, 11) is 0. The Morgan fingerprint density at radius 2 is 1.61 bits per heavy atom. The van der Waals surface area contributed by atoms with Gasteiger partial charge in [-0.25, -0.2) is 0 Å². The first-order chi connectivity index (χ1) is 8.52. The number of phenolic OH excluding ortho intramolecular Hbond substituents is 1. The highest BCUT2D eigenvalue weighted by Crippen LogP contribution is 2.28. The van der Waals surface area contributed by atoms with Gasteiger partial charge in [0.25, 0.3) is 0 Å². The van der Waals surface area contributed by atoms with Crippen molar-refractivity contribution in [3.8, 4) is 5.75 Å². The van der Waals surface area contributed by atoms with Crippen molar-refractivity contribution in [2.24, 2.45) is 0 Å². The van der Waals surface area contributed by atoms with Crippen LogP contribution in [0.4, 0.5) is 0 Å². The van der Waals surface area contributed by atoms with Gasteiger partial charge in [-0.1, -0.05) is 30.3 Å². The summed E-state index contributed by atoms with van der Waals surface area (Å²) in [6.45, 7) is 5.77. The van der Waals surface area contributed by atoms with Gasteiger partial charge in [-0.05, 0) is 43.5 Å². The highest BCUT2D eigenvalue weighted by atomic mass is 16.3. The number of aryl methyl sites for hydroxylation is 1. The molecular weight excluding hydrogens is 224 g/mol. The van der Waals surface area contributed by atoms with Gasteiger partial charge >= 0.3 is 0 Å². The second-order valence-electron chi connectivity index (χ2n) is 4.53. The van der Waals surface area contributed by atoms with E-state index in [1.165, 1.54) is 0 Å². The average molecular weight is 240 g/mol. The third-order valence-corrected chi connectivity index (χ3v) is 3.40. The van der Waals surface area contributed by atoms with Crippen molar-refractivity contribution in [3.63, 3.8) is 0 Å². The van der Waals surface area contributed by atoms with E-state index < -0.39 is 0 Å². The molecule has 0 atom stereocenters. The number of hydrogen-bond acceptors (Lipinski definition) is 2. The summed E-state index contributed by atoms with van der Waals surface area (Å²) in [5, 5.41) is 10.0. The van der Waals surface area contributed by atoms with Crippen molar-refractivity contribution in [2.75, 3.05) is 0 Å². The van der Waals surface area contributed by atoms with Gasteiger partial charge in [-0.15, -0.1) is 0 Å². The van der Waals surface area contributed by atoms with Crippen molar-refractivity contribution in [3.05, 3.63) is 64.2 Å². The lowest BCUT2D eigenvalue weighted by molar-refractivity contribution is 0.103. The lowest BCUT2D eigenvalue weighted by Gasteiger charge is -2.12. The van der Waals surface area contributed by atoms with Crippen LogP contribution in [0.5, 0.6) is 5.75 Å². The number of carbonyl (C=O) groups is 1. The van der Waals surface area contributed by atoms with Crippen molar-refractivity contribution in [1.82, 2.24) is 0 Å². The van der Waals surface area contributed by atoms with Crippen LogP contribution in [0.25, 0.3) is 0 Å². The molecule has 0 aliphatic heterocycles. The number of rotatable bonds is 2. The van der Waals surface area contributed by atoms with Crippen molar-refractivity contribution < 1.29 is 9.90 Å². The quantitative estimate of drug-likeness (QED) is 0.815. The van der Waals surface area contributed by atoms with E-state index in [2.05, 4.69) is 0 Å². The Morgan fingerprint density at radius 1 is 1.00 bits per heavy atom. The summed E-state index contributed by atoms with van der Waals surface area (Å²) in [5.41, 5.74) is 3.89. The maximum absolute atomic E-state index is 12.4. The number of hydrogen-bond donors (Lipinski definition) is 1. The largest absolute Gasteiger partial charge is 0.507 e. The molecule has 0 unspecified atom stereocenters. The molecule has 2 nitrogen and oxygen atoms in total. The van der Waals surface area contributed by atoms with Gasteiger partial charge in [0.2, 0.25) is 0 Å². The van der Waals surface area contributed by atoms with E-state index in [1.807, 2.05) is 39.0 Å². The van der Waals surface area contributed by atoms with Crippen LogP contribution in [-0.2, 0) is 0 Å². The van der Waals surface area contributed by atoms with E-state index in [-0.39, 0.29) is 11.5 Å². The maximum Gasteiger partial charge on any atom is 0.197 e. The Balaban J connectivity index is 2.59. The smallest absolute Gasteiger partial charge is 0.197 e. The third-order valence-electron chi connectivity index (χ3n) is 3.40. The van der Waals surface area contributed by atoms with Crippen molar-refractivity contribution in [2.45, 2.75) is 20.8 Å². The van der Waals surface area contributed by atoms with E-state index in [9.17, 15) is 9.90 Å². The maximum atomic E-state index is 12.4. The van der Waals surface area contributed by atoms with Crippen LogP contribution >= 0.6 is 0 Å². The molecule has 2 aromatic carbocycles. The van der Waals surface area contributed by atoms with Gasteiger partial charge in [0.05, 0.1) is 5.56 Å². The monoisotopic (exact) mass is 240 g/mol. The molecule has 0 spiro atoms. The first kappa shape index (κ1) is 12.4. The minimum Gasteiger partial charge on any atom is -0.507 e. The molecule has 2 heteroatoms. The van der Waals surface area contributed by atoms with Crippen LogP contribution in [0, 0.1) is 20.8 Å². The fourth-order valence-electron chi connectivity index (χ4n) is 2.08. The van der Waals surface area contributed by atoms with Crippen LogP contribution in [0.2, 0.25) is 0 Å². The Kier molecular flexibility index (Phi) is 3.19. The molecule has 0 fully saturated rings. The molecule has 0 saturated heterocycles. The molecule has 0 heterocycles. The molecule has 0 aromatic heterocycles. The van der Waals surface area contributed by atoms with Gasteiger partial charge < -0.3 is 5.11 Å². The lowest BCUT2D eigenvalue weighted by Crippen LogP contribution is -2.06. The van der Waals surface area contributed by atoms with E-state index in [0.29, 0.717) is 11.1 Å². The summed E-state index contributed by atoms with van der Waals surface area (Å²) < 4.78 is 0. The summed E-state index contributed by atoms with van der Waals surface area (Å²) >= 11 is 0. The summed E-state index contributed by atoms with van der Waals surface area (Å²) in [6, 6.07) is 10.7. The number of aromatic hydroxyl groups is 1. The molecule has 0 saturated carbocycles. The van der Waals surface area contributed by atoms with Crippen molar-refractivity contribution in [1.29, 1.82) is 0 Å². The number of ketones is 1. The SMILES string of the molecule is Cc1cc(O)c(C(=O)c2ccccc2)c(C)c1C. The summed E-state index contributed by atoms with van der Waals surface area (Å²) in [5.74, 6) is -0.0712. The van der Waals surface area contributed by atoms with Crippen LogP contribution in [0.1, 0.15) is 32.6 Å². The van der Waals surface area contributed by atoms with Crippen LogP contribution in [0.15, 0.2) is 36.4 Å². The highest BCUT2D eigenvalue weighted by Gasteiger charge is 2.18. The Bertz CT molecular complexity index is 598. The number of benzene rings is 2. The zero-order valence-corrected chi connectivity index (χ0v) is 10.8. The molecule has 2 rings (SSSR count). The minimum absolute atomic E-state index is 0.0597. The zero-order valence-electron chi connectivity index (χ0n) is 10.8. The minimum atomic E-state index is -0.131. The predicted octanol–water partition coefficient (Wildman–Crippen LogP) is 3.55. The van der Waals surface area contributed by atoms with Gasteiger partial charge in [-0.3, -0.25) is 4.79 Å². The topological polar surface area (TPSA) is 37.3 Å². The average Bonchev–Trinajstić information content (AvgIpc) is 2.37. The predicted molar refractivity (Wildman–Crippen MR) is 72.2 cm³/mol. The van der Waals surface area contributed by atoms with E-state index in [4.69, 9.17) is 0 Å². The van der Waals surface area contributed by atoms with Crippen LogP contribution < -0.4 is 0 Å². The lowest BCUT2D eigenvalue weighted by atomic mass is 9.92. The first-order valence-corrected chi connectivity index (χ1v) is 5.92. The molecule has 0 aliphatic carbocycles. The Morgan fingerprint density at radius 3 is 2.22 bits per heavy atom. The van der Waals surface area contributed by atoms with E-state index in [0.717, 1.165) is 16.7 Å². The normalized spacial score (nSPS) is 10.4. The fraction of sp³-hybridized carbons (Fsp3) is 0.188.